The average molecular weight is 206 g/mol. The average Bonchev–Trinajstić information content (AvgIpc) is 1.94. The van der Waals surface area contributed by atoms with Gasteiger partial charge in [0.2, 0.25) is 0 Å². The summed E-state index contributed by atoms with van der Waals surface area (Å²) in [5.74, 6) is 0. The standard InChI is InChI=1S/C6H14O5S.Li.H/c1-2-3-4-10-5-6-11-12(7,8)9;;/h2-6H2,1H3,(H,7,8,9);;/q;+1;-1. The number of hydrogen-bond acceptors (Lipinski definition) is 4. The Hall–Kier alpha value is 0.427. The maximum atomic E-state index is 10.00. The fourth-order valence-electron chi connectivity index (χ4n) is 0.547. The van der Waals surface area contributed by atoms with Gasteiger partial charge in [0, 0.05) is 6.61 Å². The van der Waals surface area contributed by atoms with Crippen LogP contribution in [0.2, 0.25) is 0 Å². The maximum absolute atomic E-state index is 10.00. The summed E-state index contributed by atoms with van der Waals surface area (Å²) in [5, 5.41) is 0. The first-order chi connectivity index (χ1) is 5.56. The molecule has 0 rings (SSSR count). The van der Waals surface area contributed by atoms with Crippen LogP contribution in [0.4, 0.5) is 0 Å². The van der Waals surface area contributed by atoms with Crippen LogP contribution in [0, 0.1) is 0 Å². The molecule has 13 heavy (non-hydrogen) atoms. The molecule has 0 unspecified atom stereocenters. The van der Waals surface area contributed by atoms with Gasteiger partial charge in [0.15, 0.2) is 0 Å². The van der Waals surface area contributed by atoms with Crippen LogP contribution in [0.5, 0.6) is 0 Å². The molecule has 0 aromatic carbocycles. The van der Waals surface area contributed by atoms with E-state index in [1.54, 1.807) is 0 Å². The zero-order valence-electron chi connectivity index (χ0n) is 9.02. The van der Waals surface area contributed by atoms with Crippen LogP contribution in [-0.4, -0.2) is 32.8 Å². The largest absolute Gasteiger partial charge is 1.00 e. The summed E-state index contributed by atoms with van der Waals surface area (Å²) in [4.78, 5) is 0. The van der Waals surface area contributed by atoms with Crippen LogP contribution in [0.15, 0.2) is 0 Å². The molecule has 0 heterocycles. The van der Waals surface area contributed by atoms with Gasteiger partial charge < -0.3 is 6.16 Å². The van der Waals surface area contributed by atoms with Crippen molar-refractivity contribution in [3.8, 4) is 0 Å². The second kappa shape index (κ2) is 9.00. The molecule has 0 bridgehead atoms. The van der Waals surface area contributed by atoms with Gasteiger partial charge in [0.25, 0.3) is 0 Å². The Morgan fingerprint density at radius 1 is 1.31 bits per heavy atom. The number of hydrogen-bond donors (Lipinski definition) is 1. The van der Waals surface area contributed by atoms with Crippen LogP contribution in [0.25, 0.3) is 0 Å². The molecule has 76 valence electrons. The first-order valence-electron chi connectivity index (χ1n) is 3.76. The van der Waals surface area contributed by atoms with Gasteiger partial charge in [-0.3, -0.25) is 4.55 Å². The Bertz CT molecular complexity index is 196. The van der Waals surface area contributed by atoms with E-state index in [2.05, 4.69) is 4.18 Å². The van der Waals surface area contributed by atoms with Crippen LogP contribution >= 0.6 is 0 Å². The van der Waals surface area contributed by atoms with E-state index >= 15 is 0 Å². The van der Waals surface area contributed by atoms with E-state index in [9.17, 15) is 8.42 Å². The van der Waals surface area contributed by atoms with Crippen molar-refractivity contribution in [1.29, 1.82) is 0 Å². The second-order valence-electron chi connectivity index (χ2n) is 2.22. The first-order valence-corrected chi connectivity index (χ1v) is 5.12. The Kier molecular flexibility index (Phi) is 11.0. The predicted octanol–water partition coefficient (Wildman–Crippen LogP) is -2.26. The zero-order valence-corrected chi connectivity index (χ0v) is 8.84. The molecule has 1 N–H and O–H groups in total. The van der Waals surface area contributed by atoms with Crippen molar-refractivity contribution in [3.63, 3.8) is 0 Å². The molecule has 0 radical (unpaired) electrons. The smallest absolute Gasteiger partial charge is 1.00 e. The molecule has 0 atom stereocenters. The van der Waals surface area contributed by atoms with Crippen LogP contribution in [-0.2, 0) is 19.3 Å². The van der Waals surface area contributed by atoms with Crippen LogP contribution < -0.4 is 18.9 Å². The van der Waals surface area contributed by atoms with Crippen molar-refractivity contribution in [3.05, 3.63) is 0 Å². The van der Waals surface area contributed by atoms with E-state index in [4.69, 9.17) is 9.29 Å². The summed E-state index contributed by atoms with van der Waals surface area (Å²) >= 11 is 0. The molecule has 0 aliphatic carbocycles. The summed E-state index contributed by atoms with van der Waals surface area (Å²) in [7, 11) is -4.30. The summed E-state index contributed by atoms with van der Waals surface area (Å²) in [6, 6.07) is 0. The van der Waals surface area contributed by atoms with Gasteiger partial charge in [0.05, 0.1) is 13.2 Å². The molecule has 5 nitrogen and oxygen atoms in total. The van der Waals surface area contributed by atoms with Gasteiger partial charge in [-0.2, -0.15) is 8.42 Å². The molecule has 0 fully saturated rings. The summed E-state index contributed by atoms with van der Waals surface area (Å²) in [6.07, 6.45) is 1.96. The molecular weight excluding hydrogens is 191 g/mol. The summed E-state index contributed by atoms with van der Waals surface area (Å²) in [5.41, 5.74) is 0. The molecular formula is C6H15LiO5S. The van der Waals surface area contributed by atoms with Gasteiger partial charge in [0.1, 0.15) is 0 Å². The van der Waals surface area contributed by atoms with Gasteiger partial charge in [-0.05, 0) is 6.42 Å². The van der Waals surface area contributed by atoms with Crippen molar-refractivity contribution in [2.24, 2.45) is 0 Å². The molecule has 0 saturated heterocycles. The number of ether oxygens (including phenoxy) is 1. The monoisotopic (exact) mass is 206 g/mol. The van der Waals surface area contributed by atoms with Gasteiger partial charge in [-0.1, -0.05) is 13.3 Å². The minimum atomic E-state index is -4.30. The third-order valence-corrected chi connectivity index (χ3v) is 1.57. The number of unbranched alkanes of at least 4 members (excludes halogenated alkanes) is 1. The third kappa shape index (κ3) is 15.2. The van der Waals surface area contributed by atoms with Gasteiger partial charge in [-0.15, -0.1) is 0 Å². The fraction of sp³-hybridized carbons (Fsp3) is 1.00. The van der Waals surface area contributed by atoms with Crippen molar-refractivity contribution in [2.45, 2.75) is 19.8 Å². The molecule has 7 heteroatoms. The zero-order chi connectivity index (χ0) is 9.45. The normalized spacial score (nSPS) is 10.9. The van der Waals surface area contributed by atoms with Crippen molar-refractivity contribution < 1.29 is 42.2 Å². The third-order valence-electron chi connectivity index (χ3n) is 1.10. The van der Waals surface area contributed by atoms with E-state index < -0.39 is 10.4 Å². The fourth-order valence-corrected chi connectivity index (χ4v) is 0.825. The minimum Gasteiger partial charge on any atom is -1.00 e. The van der Waals surface area contributed by atoms with Crippen molar-refractivity contribution in [1.82, 2.24) is 0 Å². The molecule has 0 aromatic heterocycles. The topological polar surface area (TPSA) is 72.8 Å². The molecule has 0 aliphatic heterocycles. The Morgan fingerprint density at radius 2 is 1.92 bits per heavy atom. The molecule has 0 saturated carbocycles. The van der Waals surface area contributed by atoms with E-state index in [0.29, 0.717) is 6.61 Å². The van der Waals surface area contributed by atoms with Crippen LogP contribution in [0.3, 0.4) is 0 Å². The molecule has 0 aromatic rings. The van der Waals surface area contributed by atoms with Gasteiger partial charge >= 0.3 is 29.3 Å². The van der Waals surface area contributed by atoms with Gasteiger partial charge in [-0.25, -0.2) is 4.18 Å². The molecule has 0 amide bonds. The van der Waals surface area contributed by atoms with E-state index in [0.717, 1.165) is 12.8 Å². The van der Waals surface area contributed by atoms with E-state index in [1.165, 1.54) is 0 Å². The molecule has 0 spiro atoms. The Labute approximate surface area is 92.4 Å². The second-order valence-corrected chi connectivity index (χ2v) is 3.31. The Balaban J connectivity index is -0.000000605. The predicted molar refractivity (Wildman–Crippen MR) is 44.3 cm³/mol. The van der Waals surface area contributed by atoms with E-state index in [1.807, 2.05) is 6.92 Å². The van der Waals surface area contributed by atoms with E-state index in [-0.39, 0.29) is 33.5 Å². The minimum absolute atomic E-state index is 0. The summed E-state index contributed by atoms with van der Waals surface area (Å²) in [6.45, 7) is 2.66. The van der Waals surface area contributed by atoms with Crippen molar-refractivity contribution in [2.75, 3.05) is 19.8 Å². The Morgan fingerprint density at radius 3 is 2.38 bits per heavy atom. The summed E-state index contributed by atoms with van der Waals surface area (Å²) < 4.78 is 37.1. The maximum Gasteiger partial charge on any atom is 1.00 e. The first kappa shape index (κ1) is 15.9. The van der Waals surface area contributed by atoms with Crippen LogP contribution in [0.1, 0.15) is 21.2 Å². The molecule has 0 aliphatic rings. The number of rotatable bonds is 7. The quantitative estimate of drug-likeness (QED) is 0.289. The van der Waals surface area contributed by atoms with Crippen molar-refractivity contribution >= 4 is 10.4 Å². The SMILES string of the molecule is CCCCOCCOS(=O)(=O)O.[H-].[Li+].